The summed E-state index contributed by atoms with van der Waals surface area (Å²) in [7, 11) is 4.18. The van der Waals surface area contributed by atoms with Crippen molar-refractivity contribution in [2.45, 2.75) is 0 Å². The molecule has 0 aromatic rings. The summed E-state index contributed by atoms with van der Waals surface area (Å²) in [5, 5.41) is 0. The maximum atomic E-state index is 2.12. The van der Waals surface area contributed by atoms with Crippen LogP contribution in [0.15, 0.2) is 0 Å². The van der Waals surface area contributed by atoms with Crippen LogP contribution in [0.5, 0.6) is 0 Å². The number of hydrogen-bond donors (Lipinski definition) is 0. The van der Waals surface area contributed by atoms with E-state index in [0.29, 0.717) is 0 Å². The number of hydrogen-bond acceptors (Lipinski definition) is 1. The molecule has 0 aromatic carbocycles. The maximum absolute atomic E-state index is 2.12. The molecular weight excluding hydrogens is 48.8 g/mol. The molecule has 0 aliphatic carbocycles. The van der Waals surface area contributed by atoms with Crippen LogP contribution in [0.1, 0.15) is 0 Å². The van der Waals surface area contributed by atoms with Gasteiger partial charge in [-0.3, -0.25) is 0 Å². The molecule has 1 aliphatic rings. The second-order valence-electron chi connectivity index (χ2n) is 1.12. The van der Waals surface area contributed by atoms with Crippen LogP contribution in [0.3, 0.4) is 0 Å². The van der Waals surface area contributed by atoms with E-state index < -0.39 is 0 Å². The van der Waals surface area contributed by atoms with Gasteiger partial charge in [-0.15, -0.1) is 0 Å². The van der Waals surface area contributed by atoms with Crippen LogP contribution < -0.4 is 0 Å². The molecule has 1 rings (SSSR count). The minimum atomic E-state index is 1.19. The highest BCUT2D eigenvalue weighted by atomic mass is 15.1. The Balaban J connectivity index is 2.17. The third-order valence-electron chi connectivity index (χ3n) is 0.548. The van der Waals surface area contributed by atoms with Crippen molar-refractivity contribution in [3.63, 3.8) is 0 Å². The average Bonchev–Trinajstić information content (AvgIpc) is 1.75. The first-order valence-electron chi connectivity index (χ1n) is 1.43. The first-order chi connectivity index (χ1) is 1.89. The van der Waals surface area contributed by atoms with E-state index in [1.165, 1.54) is 6.44 Å². The Kier molecular flexibility index (Phi) is 0.279. The van der Waals surface area contributed by atoms with E-state index in [-0.39, 0.29) is 0 Å². The normalized spacial score (nSPS) is 37.8. The molecule has 4 heavy (non-hydrogen) atoms. The fourth-order valence-electron chi connectivity index (χ4n) is 0.0816. The predicted molar refractivity (Wildman–Crippen MR) is 18.4 cm³/mol. The van der Waals surface area contributed by atoms with Gasteiger partial charge < -0.3 is 4.81 Å². The summed E-state index contributed by atoms with van der Waals surface area (Å²) in [6.07, 6.45) is 1.19. The lowest BCUT2D eigenvalue weighted by Crippen LogP contribution is -1.77. The van der Waals surface area contributed by atoms with Gasteiger partial charge in [-0.05, 0) is 13.5 Å². The molecule has 1 fully saturated rings. The van der Waals surface area contributed by atoms with Crippen LogP contribution >= 0.6 is 0 Å². The van der Waals surface area contributed by atoms with Crippen molar-refractivity contribution in [1.82, 2.24) is 4.81 Å². The fourth-order valence-corrected chi connectivity index (χ4v) is 0.0816. The zero-order valence-electron chi connectivity index (χ0n) is 2.73. The van der Waals surface area contributed by atoms with E-state index in [2.05, 4.69) is 19.3 Å². The highest BCUT2D eigenvalue weighted by Crippen LogP contribution is 1.88. The summed E-state index contributed by atoms with van der Waals surface area (Å²) in [5.41, 5.74) is 0. The summed E-state index contributed by atoms with van der Waals surface area (Å²) >= 11 is 0. The van der Waals surface area contributed by atoms with Gasteiger partial charge in [0.15, 0.2) is 0 Å². The molecule has 2 heteroatoms. The minimum Gasteiger partial charge on any atom is -0.354 e. The molecule has 1 unspecified atom stereocenters. The largest absolute Gasteiger partial charge is 0.354 e. The van der Waals surface area contributed by atoms with Crippen LogP contribution in [0.4, 0.5) is 0 Å². The van der Waals surface area contributed by atoms with Gasteiger partial charge in [-0.1, -0.05) is 0 Å². The van der Waals surface area contributed by atoms with Gasteiger partial charge >= 0.3 is 0 Å². The highest BCUT2D eigenvalue weighted by molar-refractivity contribution is 6.43. The summed E-state index contributed by atoms with van der Waals surface area (Å²) in [6, 6.07) is 0. The van der Waals surface area contributed by atoms with Gasteiger partial charge in [0, 0.05) is 0 Å². The molecule has 1 heterocycles. The van der Waals surface area contributed by atoms with Gasteiger partial charge in [0.25, 0.3) is 0 Å². The second kappa shape index (κ2) is 0.491. The summed E-state index contributed by atoms with van der Waals surface area (Å²) in [6.45, 7) is 0. The first kappa shape index (κ1) is 2.27. The van der Waals surface area contributed by atoms with Crippen molar-refractivity contribution >= 4 is 7.41 Å². The zero-order chi connectivity index (χ0) is 2.99. The molecule has 1 radical (unpaired) electrons. The van der Waals surface area contributed by atoms with Crippen LogP contribution in [0.2, 0.25) is 0 Å². The summed E-state index contributed by atoms with van der Waals surface area (Å²) in [4.78, 5) is 2.12. The van der Waals surface area contributed by atoms with Crippen LogP contribution in [0.25, 0.3) is 0 Å². The maximum Gasteiger partial charge on any atom is 0.222 e. The van der Waals surface area contributed by atoms with Crippen molar-refractivity contribution in [2.24, 2.45) is 0 Å². The molecule has 0 N–H and O–H groups in total. The van der Waals surface area contributed by atoms with Crippen LogP contribution in [0, 0.1) is 0 Å². The van der Waals surface area contributed by atoms with Crippen molar-refractivity contribution in [3.05, 3.63) is 0 Å². The standard InChI is InChI=1S/C2H5BN/c1-4-2-3-4/h2H2,1H3. The Morgan fingerprint density at radius 1 is 2.00 bits per heavy atom. The first-order valence-corrected chi connectivity index (χ1v) is 1.43. The lowest BCUT2D eigenvalue weighted by Gasteiger charge is -1.68. The van der Waals surface area contributed by atoms with Crippen molar-refractivity contribution in [1.29, 1.82) is 0 Å². The molecular formula is C2H5BN. The Morgan fingerprint density at radius 3 is 2.25 bits per heavy atom. The third kappa shape index (κ3) is 0.232. The molecule has 0 saturated carbocycles. The topological polar surface area (TPSA) is 3.01 Å². The molecule has 0 bridgehead atoms. The lowest BCUT2D eigenvalue weighted by molar-refractivity contribution is 0.774. The van der Waals surface area contributed by atoms with E-state index in [1.54, 1.807) is 0 Å². The smallest absolute Gasteiger partial charge is 0.222 e. The van der Waals surface area contributed by atoms with Crippen LogP contribution in [-0.2, 0) is 0 Å². The average molecular weight is 53.9 g/mol. The van der Waals surface area contributed by atoms with Crippen LogP contribution in [-0.4, -0.2) is 25.7 Å². The van der Waals surface area contributed by atoms with Crippen molar-refractivity contribution in [2.75, 3.05) is 13.5 Å². The van der Waals surface area contributed by atoms with Gasteiger partial charge in [0.05, 0.1) is 0 Å². The predicted octanol–water partition coefficient (Wildman–Crippen LogP) is -0.492. The summed E-state index contributed by atoms with van der Waals surface area (Å²) in [5.74, 6) is 0. The Bertz CT molecular complexity index is 25.2. The molecule has 1 aliphatic heterocycles. The third-order valence-corrected chi connectivity index (χ3v) is 0.548. The Morgan fingerprint density at radius 2 is 2.25 bits per heavy atom. The van der Waals surface area contributed by atoms with Gasteiger partial charge in [0.2, 0.25) is 7.41 Å². The molecule has 0 amide bonds. The lowest BCUT2D eigenvalue weighted by atomic mass is 10.2. The fraction of sp³-hybridized carbons (Fsp3) is 1.00. The zero-order valence-corrected chi connectivity index (χ0v) is 2.73. The summed E-state index contributed by atoms with van der Waals surface area (Å²) < 4.78 is 0. The van der Waals surface area contributed by atoms with E-state index in [0.717, 1.165) is 0 Å². The quantitative estimate of drug-likeness (QED) is 0.266. The minimum absolute atomic E-state index is 1.19. The molecule has 1 atom stereocenters. The molecule has 0 spiro atoms. The Hall–Kier alpha value is 0.0249. The Labute approximate surface area is 26.9 Å². The number of nitrogens with zero attached hydrogens (tertiary/aromatic N) is 1. The molecule has 0 aromatic heterocycles. The highest BCUT2D eigenvalue weighted by Gasteiger charge is 2.11. The van der Waals surface area contributed by atoms with Gasteiger partial charge in [-0.25, -0.2) is 0 Å². The van der Waals surface area contributed by atoms with E-state index >= 15 is 0 Å². The van der Waals surface area contributed by atoms with E-state index in [4.69, 9.17) is 0 Å². The second-order valence-corrected chi connectivity index (χ2v) is 1.12. The van der Waals surface area contributed by atoms with Crippen molar-refractivity contribution in [3.8, 4) is 0 Å². The van der Waals surface area contributed by atoms with Crippen molar-refractivity contribution < 1.29 is 0 Å². The molecule has 1 saturated heterocycles. The molecule has 1 nitrogen and oxygen atoms in total. The molecule has 21 valence electrons. The van der Waals surface area contributed by atoms with E-state index in [1.807, 2.05) is 0 Å². The SMILES string of the molecule is CN1[B]C1. The van der Waals surface area contributed by atoms with Gasteiger partial charge in [-0.2, -0.15) is 0 Å². The van der Waals surface area contributed by atoms with Gasteiger partial charge in [0.1, 0.15) is 0 Å². The van der Waals surface area contributed by atoms with E-state index in [9.17, 15) is 0 Å². The number of rotatable bonds is 0. The monoisotopic (exact) mass is 54.1 g/mol.